The molecule has 1 heterocycles. The maximum absolute atomic E-state index is 11.4. The van der Waals surface area contributed by atoms with Crippen LogP contribution in [0.4, 0.5) is 0 Å². The molecule has 2 atom stereocenters. The number of thioether (sulfide) groups is 1. The van der Waals surface area contributed by atoms with Gasteiger partial charge in [0.05, 0.1) is 11.8 Å². The van der Waals surface area contributed by atoms with Crippen molar-refractivity contribution in [2.75, 3.05) is 19.8 Å². The van der Waals surface area contributed by atoms with Crippen LogP contribution in [0.5, 0.6) is 0 Å². The number of rotatable bonds is 6. The Morgan fingerprint density at radius 2 is 2.11 bits per heavy atom. The summed E-state index contributed by atoms with van der Waals surface area (Å²) in [5.41, 5.74) is 5.99. The van der Waals surface area contributed by atoms with Gasteiger partial charge in [-0.2, -0.15) is 0 Å². The van der Waals surface area contributed by atoms with Gasteiger partial charge in [-0.25, -0.2) is 0 Å². The van der Waals surface area contributed by atoms with Gasteiger partial charge in [0, 0.05) is 14.1 Å². The lowest BCUT2D eigenvalue weighted by Crippen LogP contribution is -2.23. The minimum atomic E-state index is -0.249. The predicted molar refractivity (Wildman–Crippen MR) is 77.3 cm³/mol. The van der Waals surface area contributed by atoms with Crippen molar-refractivity contribution in [3.8, 4) is 0 Å². The molecule has 0 aromatic carbocycles. The molecule has 0 saturated heterocycles. The van der Waals surface area contributed by atoms with Gasteiger partial charge in [-0.3, -0.25) is 4.79 Å². The van der Waals surface area contributed by atoms with Crippen LogP contribution >= 0.6 is 24.2 Å². The van der Waals surface area contributed by atoms with Crippen molar-refractivity contribution in [1.82, 2.24) is 15.1 Å². The summed E-state index contributed by atoms with van der Waals surface area (Å²) in [6, 6.07) is -0.249. The second-order valence-corrected chi connectivity index (χ2v) is 5.32. The summed E-state index contributed by atoms with van der Waals surface area (Å²) in [6.45, 7) is 4.10. The number of hydrogen-bond acceptors (Lipinski definition) is 6. The number of halogens is 1. The average molecular weight is 309 g/mol. The van der Waals surface area contributed by atoms with E-state index in [1.54, 1.807) is 14.1 Å². The first kappa shape index (κ1) is 18.2. The van der Waals surface area contributed by atoms with Crippen molar-refractivity contribution in [2.24, 2.45) is 11.7 Å². The molecule has 0 aliphatic heterocycles. The highest BCUT2D eigenvalue weighted by atomic mass is 35.5. The number of aromatic nitrogens is 2. The molecule has 1 rings (SSSR count). The van der Waals surface area contributed by atoms with Crippen molar-refractivity contribution >= 4 is 30.1 Å². The number of carbonyl (C=O) groups excluding carboxylic acids is 1. The minimum Gasteiger partial charge on any atom is -0.414 e. The second kappa shape index (κ2) is 8.39. The van der Waals surface area contributed by atoms with Gasteiger partial charge < -0.3 is 15.1 Å². The Kier molecular flexibility index (Phi) is 8.05. The van der Waals surface area contributed by atoms with E-state index in [-0.39, 0.29) is 36.0 Å². The highest BCUT2D eigenvalue weighted by Crippen LogP contribution is 2.24. The SMILES string of the molecule is CCC(C)[C@H](N)c1nnc(SCC(=O)N(C)C)o1.Cl. The highest BCUT2D eigenvalue weighted by Gasteiger charge is 2.20. The summed E-state index contributed by atoms with van der Waals surface area (Å²) in [5.74, 6) is 1.01. The van der Waals surface area contributed by atoms with Crippen molar-refractivity contribution in [3.63, 3.8) is 0 Å². The fourth-order valence-corrected chi connectivity index (χ4v) is 1.91. The molecule has 0 saturated carbocycles. The lowest BCUT2D eigenvalue weighted by molar-refractivity contribution is -0.125. The number of nitrogens with two attached hydrogens (primary N) is 1. The van der Waals surface area contributed by atoms with Gasteiger partial charge in [0.1, 0.15) is 0 Å². The molecule has 0 aliphatic carbocycles. The van der Waals surface area contributed by atoms with Crippen LogP contribution in [0.25, 0.3) is 0 Å². The fourth-order valence-electron chi connectivity index (χ4n) is 1.16. The first-order chi connectivity index (χ1) is 8.45. The summed E-state index contributed by atoms with van der Waals surface area (Å²) < 4.78 is 5.44. The van der Waals surface area contributed by atoms with Crippen LogP contribution in [-0.4, -0.2) is 40.9 Å². The van der Waals surface area contributed by atoms with E-state index >= 15 is 0 Å². The monoisotopic (exact) mass is 308 g/mol. The van der Waals surface area contributed by atoms with E-state index in [0.717, 1.165) is 6.42 Å². The first-order valence-electron chi connectivity index (χ1n) is 5.87. The standard InChI is InChI=1S/C11H20N4O2S.ClH/c1-5-7(2)9(12)10-13-14-11(17-10)18-6-8(16)15(3)4;/h7,9H,5-6,12H2,1-4H3;1H/t7?,9-;/m0./s1. The van der Waals surface area contributed by atoms with Crippen LogP contribution in [0.1, 0.15) is 32.2 Å². The van der Waals surface area contributed by atoms with Crippen LogP contribution in [0.15, 0.2) is 9.64 Å². The molecule has 110 valence electrons. The second-order valence-electron chi connectivity index (χ2n) is 4.39. The molecule has 0 spiro atoms. The van der Waals surface area contributed by atoms with Gasteiger partial charge in [-0.05, 0) is 5.92 Å². The van der Waals surface area contributed by atoms with Crippen LogP contribution in [0.2, 0.25) is 0 Å². The smallest absolute Gasteiger partial charge is 0.277 e. The molecule has 1 unspecified atom stereocenters. The topological polar surface area (TPSA) is 85.2 Å². The van der Waals surface area contributed by atoms with Crippen LogP contribution in [0.3, 0.4) is 0 Å². The van der Waals surface area contributed by atoms with Gasteiger partial charge in [0.25, 0.3) is 5.22 Å². The van der Waals surface area contributed by atoms with E-state index in [1.807, 2.05) is 6.92 Å². The molecule has 19 heavy (non-hydrogen) atoms. The van der Waals surface area contributed by atoms with Crippen LogP contribution in [-0.2, 0) is 4.79 Å². The van der Waals surface area contributed by atoms with Gasteiger partial charge in [-0.1, -0.05) is 32.0 Å². The lowest BCUT2D eigenvalue weighted by Gasteiger charge is -2.13. The third-order valence-electron chi connectivity index (χ3n) is 2.78. The van der Waals surface area contributed by atoms with E-state index in [4.69, 9.17) is 10.2 Å². The highest BCUT2D eigenvalue weighted by molar-refractivity contribution is 7.99. The van der Waals surface area contributed by atoms with Crippen molar-refractivity contribution < 1.29 is 9.21 Å². The third kappa shape index (κ3) is 5.38. The first-order valence-corrected chi connectivity index (χ1v) is 6.86. The van der Waals surface area contributed by atoms with E-state index < -0.39 is 0 Å². The summed E-state index contributed by atoms with van der Waals surface area (Å²) in [5, 5.41) is 8.19. The molecule has 0 bridgehead atoms. The van der Waals surface area contributed by atoms with E-state index in [2.05, 4.69) is 17.1 Å². The maximum atomic E-state index is 11.4. The fraction of sp³-hybridized carbons (Fsp3) is 0.727. The van der Waals surface area contributed by atoms with E-state index in [9.17, 15) is 4.79 Å². The summed E-state index contributed by atoms with van der Waals surface area (Å²) in [6.07, 6.45) is 0.950. The molecule has 1 aromatic rings. The molecule has 0 fully saturated rings. The van der Waals surface area contributed by atoms with Gasteiger partial charge >= 0.3 is 0 Å². The predicted octanol–water partition coefficient (Wildman–Crippen LogP) is 1.72. The largest absolute Gasteiger partial charge is 0.414 e. The normalized spacial score (nSPS) is 13.5. The van der Waals surface area contributed by atoms with Crippen molar-refractivity contribution in [3.05, 3.63) is 5.89 Å². The zero-order chi connectivity index (χ0) is 13.7. The number of carbonyl (C=O) groups is 1. The molecule has 1 amide bonds. The zero-order valence-electron chi connectivity index (χ0n) is 11.6. The molecular formula is C11H21ClN4O2S. The van der Waals surface area contributed by atoms with Crippen molar-refractivity contribution in [2.45, 2.75) is 31.5 Å². The third-order valence-corrected chi connectivity index (χ3v) is 3.59. The quantitative estimate of drug-likeness (QED) is 0.805. The Bertz CT molecular complexity index is 400. The molecule has 6 nitrogen and oxygen atoms in total. The Morgan fingerprint density at radius 1 is 1.47 bits per heavy atom. The van der Waals surface area contributed by atoms with Gasteiger partial charge in [0.15, 0.2) is 0 Å². The van der Waals surface area contributed by atoms with E-state index in [0.29, 0.717) is 11.1 Å². The number of amides is 1. The molecule has 8 heteroatoms. The number of nitrogens with zero attached hydrogens (tertiary/aromatic N) is 3. The minimum absolute atomic E-state index is 0. The molecular weight excluding hydrogens is 288 g/mol. The summed E-state index contributed by atoms with van der Waals surface area (Å²) in [7, 11) is 3.42. The Morgan fingerprint density at radius 3 is 2.63 bits per heavy atom. The Balaban J connectivity index is 0.00000324. The molecule has 0 radical (unpaired) electrons. The Labute approximate surface area is 123 Å². The molecule has 0 aliphatic rings. The number of hydrogen-bond donors (Lipinski definition) is 1. The summed E-state index contributed by atoms with van der Waals surface area (Å²) >= 11 is 1.23. The van der Waals surface area contributed by atoms with Crippen LogP contribution in [0, 0.1) is 5.92 Å². The molecule has 1 aromatic heterocycles. The van der Waals surface area contributed by atoms with Crippen LogP contribution < -0.4 is 5.73 Å². The van der Waals surface area contributed by atoms with E-state index in [1.165, 1.54) is 16.7 Å². The lowest BCUT2D eigenvalue weighted by atomic mass is 10.0. The summed E-state index contributed by atoms with van der Waals surface area (Å²) in [4.78, 5) is 12.9. The average Bonchev–Trinajstić information content (AvgIpc) is 2.82. The molecule has 2 N–H and O–H groups in total. The van der Waals surface area contributed by atoms with Gasteiger partial charge in [0.2, 0.25) is 11.8 Å². The van der Waals surface area contributed by atoms with Gasteiger partial charge in [-0.15, -0.1) is 22.6 Å². The van der Waals surface area contributed by atoms with Crippen molar-refractivity contribution in [1.29, 1.82) is 0 Å². The maximum Gasteiger partial charge on any atom is 0.277 e. The Hall–Kier alpha value is -0.790. The zero-order valence-corrected chi connectivity index (χ0v) is 13.3.